The Labute approximate surface area is 190 Å². The summed E-state index contributed by atoms with van der Waals surface area (Å²) in [5, 5.41) is 3.92. The average molecular weight is 422 g/mol. The minimum atomic E-state index is 0.540. The summed E-state index contributed by atoms with van der Waals surface area (Å²) in [6.45, 7) is 0. The van der Waals surface area contributed by atoms with Crippen molar-refractivity contribution in [1.82, 2.24) is 9.38 Å². The first-order valence-electron chi connectivity index (χ1n) is 12.3. The molecule has 0 aliphatic heterocycles. The zero-order chi connectivity index (χ0) is 21.3. The maximum atomic E-state index is 5.16. The van der Waals surface area contributed by atoms with Gasteiger partial charge in [-0.25, -0.2) is 4.98 Å². The second kappa shape index (κ2) is 8.46. The van der Waals surface area contributed by atoms with Crippen LogP contribution in [0.5, 0.6) is 0 Å². The molecular formula is C29H31N3. The highest BCUT2D eigenvalue weighted by molar-refractivity contribution is 5.79. The van der Waals surface area contributed by atoms with Crippen LogP contribution in [0.25, 0.3) is 16.9 Å². The molecule has 4 aromatic rings. The minimum Gasteiger partial charge on any atom is -0.367 e. The molecule has 0 spiro atoms. The van der Waals surface area contributed by atoms with Crippen LogP contribution in [-0.2, 0) is 25.7 Å². The first-order valence-corrected chi connectivity index (χ1v) is 12.3. The molecule has 5 aliphatic rings. The zero-order valence-corrected chi connectivity index (χ0v) is 18.7. The number of fused-ring (bicyclic) bond motifs is 1. The number of rotatable bonds is 3. The van der Waals surface area contributed by atoms with E-state index < -0.39 is 0 Å². The van der Waals surface area contributed by atoms with E-state index in [4.69, 9.17) is 4.98 Å². The van der Waals surface area contributed by atoms with Gasteiger partial charge in [0.1, 0.15) is 17.2 Å². The van der Waals surface area contributed by atoms with Gasteiger partial charge in [0, 0.05) is 17.8 Å². The Kier molecular flexibility index (Phi) is 5.18. The summed E-state index contributed by atoms with van der Waals surface area (Å²) in [5.74, 6) is 1.17. The number of benzene rings is 2. The summed E-state index contributed by atoms with van der Waals surface area (Å²) in [5.41, 5.74) is 9.08. The van der Waals surface area contributed by atoms with Crippen LogP contribution in [0.15, 0.2) is 66.9 Å². The molecule has 32 heavy (non-hydrogen) atoms. The molecule has 0 radical (unpaired) electrons. The molecule has 0 unspecified atom stereocenters. The van der Waals surface area contributed by atoms with Crippen molar-refractivity contribution < 1.29 is 0 Å². The SMILES string of the molecule is c1ccn2c(NC3CCCCC3)c(-c3cc4ccc3CCc3ccc(cc3)CC4)nc2c1. The molecule has 1 fully saturated rings. The van der Waals surface area contributed by atoms with Gasteiger partial charge in [-0.2, -0.15) is 0 Å². The van der Waals surface area contributed by atoms with Gasteiger partial charge in [-0.3, -0.25) is 4.40 Å². The average Bonchev–Trinajstić information content (AvgIpc) is 3.20. The Morgan fingerprint density at radius 2 is 1.47 bits per heavy atom. The fourth-order valence-corrected chi connectivity index (χ4v) is 5.42. The van der Waals surface area contributed by atoms with E-state index in [0.29, 0.717) is 6.04 Å². The third kappa shape index (κ3) is 3.81. The second-order valence-electron chi connectivity index (χ2n) is 9.53. The molecule has 0 amide bonds. The number of anilines is 1. The predicted octanol–water partition coefficient (Wildman–Crippen LogP) is 6.63. The normalized spacial score (nSPS) is 16.8. The van der Waals surface area contributed by atoms with E-state index in [0.717, 1.165) is 37.0 Å². The monoisotopic (exact) mass is 421 g/mol. The summed E-state index contributed by atoms with van der Waals surface area (Å²) in [6, 6.07) is 23.2. The number of hydrogen-bond donors (Lipinski definition) is 1. The highest BCUT2D eigenvalue weighted by Crippen LogP contribution is 2.35. The molecular weight excluding hydrogens is 390 g/mol. The Balaban J connectivity index is 1.46. The number of hydrogen-bond acceptors (Lipinski definition) is 2. The van der Waals surface area contributed by atoms with E-state index in [2.05, 4.69) is 76.6 Å². The molecule has 2 heterocycles. The van der Waals surface area contributed by atoms with Crippen LogP contribution in [0.4, 0.5) is 5.82 Å². The van der Waals surface area contributed by atoms with Crippen LogP contribution < -0.4 is 5.32 Å². The number of pyridine rings is 1. The van der Waals surface area contributed by atoms with Gasteiger partial charge < -0.3 is 5.32 Å². The van der Waals surface area contributed by atoms with E-state index in [1.807, 2.05) is 0 Å². The molecule has 0 atom stereocenters. The van der Waals surface area contributed by atoms with Gasteiger partial charge in [0.05, 0.1) is 0 Å². The second-order valence-corrected chi connectivity index (χ2v) is 9.53. The molecule has 9 rings (SSSR count). The number of imidazole rings is 1. The van der Waals surface area contributed by atoms with Crippen molar-refractivity contribution >= 4 is 11.5 Å². The highest BCUT2D eigenvalue weighted by Gasteiger charge is 2.21. The lowest BCUT2D eigenvalue weighted by molar-refractivity contribution is 0.462. The van der Waals surface area contributed by atoms with Crippen molar-refractivity contribution in [2.45, 2.75) is 63.8 Å². The Hall–Kier alpha value is -3.07. The lowest BCUT2D eigenvalue weighted by Crippen LogP contribution is -2.23. The molecule has 2 aromatic carbocycles. The van der Waals surface area contributed by atoms with Crippen LogP contribution in [0.1, 0.15) is 54.4 Å². The third-order valence-corrected chi connectivity index (χ3v) is 7.31. The Morgan fingerprint density at radius 3 is 2.28 bits per heavy atom. The Morgan fingerprint density at radius 1 is 0.750 bits per heavy atom. The fourth-order valence-electron chi connectivity index (χ4n) is 5.42. The van der Waals surface area contributed by atoms with Crippen LogP contribution >= 0.6 is 0 Å². The van der Waals surface area contributed by atoms with Gasteiger partial charge >= 0.3 is 0 Å². The quantitative estimate of drug-likeness (QED) is 0.402. The van der Waals surface area contributed by atoms with E-state index in [1.54, 1.807) is 0 Å². The van der Waals surface area contributed by atoms with Gasteiger partial charge in [-0.05, 0) is 79.0 Å². The van der Waals surface area contributed by atoms with Crippen LogP contribution in [0, 0.1) is 0 Å². The van der Waals surface area contributed by atoms with Crippen LogP contribution in [-0.4, -0.2) is 15.4 Å². The fraction of sp³-hybridized carbons (Fsp3) is 0.345. The minimum absolute atomic E-state index is 0.540. The molecule has 1 N–H and O–H groups in total. The van der Waals surface area contributed by atoms with Gasteiger partial charge in [0.15, 0.2) is 0 Å². The maximum Gasteiger partial charge on any atom is 0.139 e. The summed E-state index contributed by atoms with van der Waals surface area (Å²) >= 11 is 0. The van der Waals surface area contributed by atoms with E-state index in [1.165, 1.54) is 65.7 Å². The summed E-state index contributed by atoms with van der Waals surface area (Å²) in [4.78, 5) is 5.16. The van der Waals surface area contributed by atoms with Gasteiger partial charge in [0.25, 0.3) is 0 Å². The van der Waals surface area contributed by atoms with Crippen LogP contribution in [0.2, 0.25) is 0 Å². The van der Waals surface area contributed by atoms with Crippen LogP contribution in [0.3, 0.4) is 0 Å². The Bertz CT molecular complexity index is 1230. The largest absolute Gasteiger partial charge is 0.367 e. The van der Waals surface area contributed by atoms with Crippen molar-refractivity contribution in [3.63, 3.8) is 0 Å². The lowest BCUT2D eigenvalue weighted by Gasteiger charge is -2.24. The molecule has 4 bridgehead atoms. The summed E-state index contributed by atoms with van der Waals surface area (Å²) in [7, 11) is 0. The molecule has 0 saturated heterocycles. The summed E-state index contributed by atoms with van der Waals surface area (Å²) < 4.78 is 2.25. The first-order chi connectivity index (χ1) is 15.8. The smallest absolute Gasteiger partial charge is 0.139 e. The molecule has 5 aliphatic carbocycles. The maximum absolute atomic E-state index is 5.16. The van der Waals surface area contributed by atoms with Crippen molar-refractivity contribution in [3.8, 4) is 11.3 Å². The lowest BCUT2D eigenvalue weighted by atomic mass is 9.92. The van der Waals surface area contributed by atoms with E-state index >= 15 is 0 Å². The van der Waals surface area contributed by atoms with Gasteiger partial charge in [0.2, 0.25) is 0 Å². The number of nitrogens with one attached hydrogen (secondary N) is 1. The van der Waals surface area contributed by atoms with Crippen molar-refractivity contribution in [2.75, 3.05) is 5.32 Å². The first kappa shape index (κ1) is 19.6. The van der Waals surface area contributed by atoms with Gasteiger partial charge in [-0.1, -0.05) is 61.7 Å². The zero-order valence-electron chi connectivity index (χ0n) is 18.7. The molecule has 162 valence electrons. The standard InChI is InChI=1S/C29H31N3/c1-2-6-25(7-3-1)30-29-28(31-27-8-4-5-19-32(27)29)26-20-23-14-13-21-9-11-22(12-10-21)15-17-24(26)18-16-23/h4-5,8-12,16,18-20,25,30H,1-3,6-7,13-15,17H2. The van der Waals surface area contributed by atoms with Crippen molar-refractivity contribution in [1.29, 1.82) is 0 Å². The number of aryl methyl sites for hydroxylation is 4. The van der Waals surface area contributed by atoms with Gasteiger partial charge in [-0.15, -0.1) is 0 Å². The molecule has 3 nitrogen and oxygen atoms in total. The number of aromatic nitrogens is 2. The number of nitrogens with zero attached hydrogens (tertiary/aromatic N) is 2. The van der Waals surface area contributed by atoms with E-state index in [9.17, 15) is 0 Å². The molecule has 1 saturated carbocycles. The third-order valence-electron chi connectivity index (χ3n) is 7.31. The molecule has 2 aromatic heterocycles. The van der Waals surface area contributed by atoms with Crippen molar-refractivity contribution in [3.05, 3.63) is 89.1 Å². The predicted molar refractivity (Wildman–Crippen MR) is 132 cm³/mol. The topological polar surface area (TPSA) is 29.3 Å². The molecule has 3 heteroatoms. The van der Waals surface area contributed by atoms with E-state index in [-0.39, 0.29) is 0 Å². The van der Waals surface area contributed by atoms with Crippen molar-refractivity contribution in [2.24, 2.45) is 0 Å². The summed E-state index contributed by atoms with van der Waals surface area (Å²) in [6.07, 6.45) is 12.9. The highest BCUT2D eigenvalue weighted by atomic mass is 15.1.